The number of carbonyl (C=O) groups excluding carboxylic acids is 1. The minimum atomic E-state index is -3.42. The minimum absolute atomic E-state index is 0.216. The van der Waals surface area contributed by atoms with Gasteiger partial charge < -0.3 is 4.90 Å². The Bertz CT molecular complexity index is 867. The summed E-state index contributed by atoms with van der Waals surface area (Å²) in [7, 11) is 1.81. The predicted octanol–water partition coefficient (Wildman–Crippen LogP) is 1.84. The van der Waals surface area contributed by atoms with Crippen molar-refractivity contribution < 1.29 is 13.2 Å². The average Bonchev–Trinajstić information content (AvgIpc) is 2.88. The van der Waals surface area contributed by atoms with Gasteiger partial charge in [-0.1, -0.05) is 27.3 Å². The van der Waals surface area contributed by atoms with Gasteiger partial charge in [0.1, 0.15) is 0 Å². The molecule has 7 nitrogen and oxygen atoms in total. The van der Waals surface area contributed by atoms with Crippen LogP contribution in [0.15, 0.2) is 22.7 Å². The van der Waals surface area contributed by atoms with Crippen molar-refractivity contribution in [2.24, 2.45) is 0 Å². The van der Waals surface area contributed by atoms with Crippen LogP contribution in [0.3, 0.4) is 0 Å². The first-order valence-corrected chi connectivity index (χ1v) is 11.0. The van der Waals surface area contributed by atoms with Gasteiger partial charge in [-0.15, -0.1) is 0 Å². The van der Waals surface area contributed by atoms with Crippen molar-refractivity contribution in [3.05, 3.63) is 22.7 Å². The molecule has 0 atom stereocenters. The van der Waals surface area contributed by atoms with Crippen LogP contribution in [0.25, 0.3) is 10.2 Å². The molecule has 2 rings (SSSR count). The molecule has 10 heteroatoms. The number of sulfonamides is 1. The summed E-state index contributed by atoms with van der Waals surface area (Å²) in [6, 6.07) is 5.74. The quantitative estimate of drug-likeness (QED) is 0.645. The highest BCUT2D eigenvalue weighted by Gasteiger charge is 2.24. The van der Waals surface area contributed by atoms with E-state index in [1.165, 1.54) is 18.4 Å². The van der Waals surface area contributed by atoms with E-state index >= 15 is 0 Å². The van der Waals surface area contributed by atoms with Crippen LogP contribution < -0.4 is 4.90 Å². The van der Waals surface area contributed by atoms with Crippen LogP contribution in [-0.4, -0.2) is 75.5 Å². The first kappa shape index (κ1) is 20.2. The van der Waals surface area contributed by atoms with Crippen LogP contribution in [0.5, 0.6) is 0 Å². The number of amides is 1. The molecule has 138 valence electrons. The van der Waals surface area contributed by atoms with Gasteiger partial charge in [-0.25, -0.2) is 13.4 Å². The third-order valence-corrected chi connectivity index (χ3v) is 6.36. The Labute approximate surface area is 160 Å². The lowest BCUT2D eigenvalue weighted by Gasteiger charge is -2.24. The zero-order valence-corrected chi connectivity index (χ0v) is 17.8. The molecular weight excluding hydrogens is 428 g/mol. The summed E-state index contributed by atoms with van der Waals surface area (Å²) in [6.45, 7) is 0.865. The molecule has 0 unspecified atom stereocenters. The van der Waals surface area contributed by atoms with E-state index in [2.05, 4.69) is 20.9 Å². The molecule has 0 spiro atoms. The molecule has 0 radical (unpaired) electrons. The molecule has 0 fully saturated rings. The molecule has 25 heavy (non-hydrogen) atoms. The van der Waals surface area contributed by atoms with Crippen LogP contribution in [0.4, 0.5) is 5.13 Å². The zero-order valence-electron chi connectivity index (χ0n) is 14.6. The molecule has 1 aromatic heterocycles. The Morgan fingerprint density at radius 3 is 2.52 bits per heavy atom. The number of thiazole rings is 1. The normalized spacial score (nSPS) is 12.3. The lowest BCUT2D eigenvalue weighted by Crippen LogP contribution is -2.43. The Kier molecular flexibility index (Phi) is 6.55. The van der Waals surface area contributed by atoms with Gasteiger partial charge in [0, 0.05) is 24.6 Å². The van der Waals surface area contributed by atoms with E-state index in [0.29, 0.717) is 18.2 Å². The number of likely N-dealkylation sites (N-methyl/N-ethyl adjacent to an activating group) is 2. The van der Waals surface area contributed by atoms with Gasteiger partial charge in [0.2, 0.25) is 15.9 Å². The van der Waals surface area contributed by atoms with Gasteiger partial charge in [-0.2, -0.15) is 4.31 Å². The summed E-state index contributed by atoms with van der Waals surface area (Å²) in [5.74, 6) is -0.298. The molecule has 1 aromatic carbocycles. The Morgan fingerprint density at radius 1 is 1.24 bits per heavy atom. The second kappa shape index (κ2) is 8.09. The Hall–Kier alpha value is -1.07. The fourth-order valence-corrected chi connectivity index (χ4v) is 3.93. The first-order chi connectivity index (χ1) is 11.6. The van der Waals surface area contributed by atoms with E-state index in [-0.39, 0.29) is 12.5 Å². The van der Waals surface area contributed by atoms with Crippen LogP contribution in [0, 0.1) is 0 Å². The number of anilines is 1. The van der Waals surface area contributed by atoms with Crippen molar-refractivity contribution in [1.82, 2.24) is 14.2 Å². The fraction of sp³-hybridized carbons (Fsp3) is 0.467. The first-order valence-electron chi connectivity index (χ1n) is 7.50. The third kappa shape index (κ3) is 5.45. The molecule has 0 N–H and O–H groups in total. The molecule has 0 aliphatic heterocycles. The SMILES string of the molecule is CN(C)CCN(C(=O)CN(C)S(C)(=O)=O)c1nc2ccc(Br)cc2s1. The lowest BCUT2D eigenvalue weighted by atomic mass is 10.3. The van der Waals surface area contributed by atoms with Crippen molar-refractivity contribution in [1.29, 1.82) is 0 Å². The van der Waals surface area contributed by atoms with Gasteiger partial charge in [-0.3, -0.25) is 9.69 Å². The number of aromatic nitrogens is 1. The number of hydrogen-bond donors (Lipinski definition) is 0. The van der Waals surface area contributed by atoms with Crippen LogP contribution in [-0.2, 0) is 14.8 Å². The van der Waals surface area contributed by atoms with Gasteiger partial charge in [0.25, 0.3) is 0 Å². The summed E-state index contributed by atoms with van der Waals surface area (Å²) in [5.41, 5.74) is 0.808. The van der Waals surface area contributed by atoms with Crippen LogP contribution >= 0.6 is 27.3 Å². The number of benzene rings is 1. The van der Waals surface area contributed by atoms with Crippen LogP contribution in [0.1, 0.15) is 0 Å². The number of carbonyl (C=O) groups is 1. The molecule has 0 bridgehead atoms. The van der Waals surface area contributed by atoms with Gasteiger partial charge >= 0.3 is 0 Å². The summed E-state index contributed by atoms with van der Waals surface area (Å²) < 4.78 is 26.1. The molecule has 1 heterocycles. The number of rotatable bonds is 7. The average molecular weight is 449 g/mol. The predicted molar refractivity (Wildman–Crippen MR) is 106 cm³/mol. The van der Waals surface area contributed by atoms with Gasteiger partial charge in [0.15, 0.2) is 5.13 Å². The molecule has 0 saturated carbocycles. The second-order valence-electron chi connectivity index (χ2n) is 5.98. The summed E-state index contributed by atoms with van der Waals surface area (Å²) in [5, 5.41) is 0.571. The lowest BCUT2D eigenvalue weighted by molar-refractivity contribution is -0.118. The summed E-state index contributed by atoms with van der Waals surface area (Å²) in [6.07, 6.45) is 1.08. The van der Waals surface area contributed by atoms with Crippen LogP contribution in [0.2, 0.25) is 0 Å². The highest BCUT2D eigenvalue weighted by Crippen LogP contribution is 2.31. The van der Waals surface area contributed by atoms with Gasteiger partial charge in [-0.05, 0) is 32.3 Å². The maximum atomic E-state index is 12.7. The molecular formula is C15H21BrN4O3S2. The van der Waals surface area contributed by atoms with E-state index in [9.17, 15) is 13.2 Å². The van der Waals surface area contributed by atoms with E-state index in [0.717, 1.165) is 25.3 Å². The van der Waals surface area contributed by atoms with Gasteiger partial charge in [0.05, 0.1) is 23.0 Å². The van der Waals surface area contributed by atoms with Crippen molar-refractivity contribution >= 4 is 58.5 Å². The number of halogens is 1. The monoisotopic (exact) mass is 448 g/mol. The number of hydrogen-bond acceptors (Lipinski definition) is 6. The van der Waals surface area contributed by atoms with Crippen molar-refractivity contribution in [3.8, 4) is 0 Å². The maximum Gasteiger partial charge on any atom is 0.244 e. The van der Waals surface area contributed by atoms with Crippen molar-refractivity contribution in [3.63, 3.8) is 0 Å². The molecule has 0 saturated heterocycles. The molecule has 2 aromatic rings. The van der Waals surface area contributed by atoms with Crippen molar-refractivity contribution in [2.45, 2.75) is 0 Å². The maximum absolute atomic E-state index is 12.7. The topological polar surface area (TPSA) is 73.8 Å². The number of nitrogens with zero attached hydrogens (tertiary/aromatic N) is 4. The molecule has 0 aliphatic carbocycles. The standard InChI is InChI=1S/C15H21BrN4O3S2/c1-18(2)7-8-20(14(21)10-19(3)25(4,22)23)15-17-12-6-5-11(16)9-13(12)24-15/h5-6,9H,7-8,10H2,1-4H3. The second-order valence-corrected chi connectivity index (χ2v) is 9.99. The molecule has 0 aliphatic rings. The zero-order chi connectivity index (χ0) is 18.8. The van der Waals surface area contributed by atoms with E-state index in [1.807, 2.05) is 37.2 Å². The van der Waals surface area contributed by atoms with E-state index in [4.69, 9.17) is 0 Å². The highest BCUT2D eigenvalue weighted by atomic mass is 79.9. The summed E-state index contributed by atoms with van der Waals surface area (Å²) >= 11 is 4.84. The van der Waals surface area contributed by atoms with Crippen molar-refractivity contribution in [2.75, 3.05) is 51.9 Å². The largest absolute Gasteiger partial charge is 0.308 e. The van der Waals surface area contributed by atoms with E-state index < -0.39 is 10.0 Å². The highest BCUT2D eigenvalue weighted by molar-refractivity contribution is 9.10. The Morgan fingerprint density at radius 2 is 1.92 bits per heavy atom. The number of fused-ring (bicyclic) bond motifs is 1. The third-order valence-electron chi connectivity index (χ3n) is 3.57. The Balaban J connectivity index is 2.31. The smallest absolute Gasteiger partial charge is 0.244 e. The van der Waals surface area contributed by atoms with E-state index in [1.54, 1.807) is 4.90 Å². The minimum Gasteiger partial charge on any atom is -0.308 e. The fourth-order valence-electron chi connectivity index (χ4n) is 2.02. The molecule has 1 amide bonds. The summed E-state index contributed by atoms with van der Waals surface area (Å²) in [4.78, 5) is 20.8.